The first-order chi connectivity index (χ1) is 12.2. The van der Waals surface area contributed by atoms with Crippen molar-refractivity contribution in [2.24, 2.45) is 5.84 Å². The molecule has 2 aromatic rings. The van der Waals surface area contributed by atoms with Gasteiger partial charge in [0.15, 0.2) is 0 Å². The summed E-state index contributed by atoms with van der Waals surface area (Å²) in [4.78, 5) is 18.3. The van der Waals surface area contributed by atoms with Crippen LogP contribution in [0.4, 0.5) is 5.82 Å². The van der Waals surface area contributed by atoms with Crippen molar-refractivity contribution < 1.29 is 4.79 Å². The van der Waals surface area contributed by atoms with E-state index in [0.29, 0.717) is 6.42 Å². The number of nitrogens with zero attached hydrogens (tertiary/aromatic N) is 2. The molecular weight excluding hydrogens is 324 g/mol. The molecule has 5 nitrogen and oxygen atoms in total. The number of benzene rings is 1. The van der Waals surface area contributed by atoms with Crippen LogP contribution < -0.4 is 16.2 Å². The van der Waals surface area contributed by atoms with Gasteiger partial charge in [-0.2, -0.15) is 0 Å². The van der Waals surface area contributed by atoms with Crippen LogP contribution in [0.25, 0.3) is 0 Å². The van der Waals surface area contributed by atoms with Crippen molar-refractivity contribution in [2.45, 2.75) is 46.0 Å². The zero-order valence-corrected chi connectivity index (χ0v) is 14.6. The fraction of sp³-hybridized carbons (Fsp3) is 0.429. The maximum atomic E-state index is 11.3. The van der Waals surface area contributed by atoms with Gasteiger partial charge in [-0.15, -0.1) is 0 Å². The third-order valence-electron chi connectivity index (χ3n) is 4.74. The molecule has 0 spiro atoms. The highest BCUT2D eigenvalue weighted by Gasteiger charge is 2.11. The highest BCUT2D eigenvalue weighted by molar-refractivity contribution is 5.77. The van der Waals surface area contributed by atoms with Crippen molar-refractivity contribution in [3.8, 4) is 0 Å². The molecule has 26 heavy (non-hydrogen) atoms. The largest absolute Gasteiger partial charge is 0.357 e. The average molecular weight is 354 g/mol. The number of aryl methyl sites for hydroxylation is 2. The van der Waals surface area contributed by atoms with E-state index in [1.165, 1.54) is 30.4 Å². The molecule has 1 aromatic heterocycles. The summed E-state index contributed by atoms with van der Waals surface area (Å²) in [7, 11) is 0. The lowest BCUT2D eigenvalue weighted by Crippen LogP contribution is -2.31. The van der Waals surface area contributed by atoms with Gasteiger partial charge in [0.25, 0.3) is 0 Å². The quantitative estimate of drug-likeness (QED) is 0.475. The second kappa shape index (κ2) is 9.92. The average Bonchev–Trinajstić information content (AvgIpc) is 2.68. The third kappa shape index (κ3) is 5.56. The van der Waals surface area contributed by atoms with E-state index >= 15 is 0 Å². The highest BCUT2D eigenvalue weighted by atomic mass is 16.2. The van der Waals surface area contributed by atoms with Crippen molar-refractivity contribution in [2.75, 3.05) is 18.0 Å². The Balaban J connectivity index is 0.00000243. The fourth-order valence-electron chi connectivity index (χ4n) is 3.22. The SMILES string of the molecule is C.NNC(=O)Cc1ccc(CCc2ccc(N3CCCCC3)nc2)cc1. The van der Waals surface area contributed by atoms with Crippen LogP contribution in [-0.4, -0.2) is 24.0 Å². The number of hydrazine groups is 1. The summed E-state index contributed by atoms with van der Waals surface area (Å²) in [5.74, 6) is 6.04. The lowest BCUT2D eigenvalue weighted by atomic mass is 10.0. The summed E-state index contributed by atoms with van der Waals surface area (Å²) >= 11 is 0. The Bertz CT molecular complexity index is 676. The van der Waals surface area contributed by atoms with Gasteiger partial charge in [0, 0.05) is 19.3 Å². The maximum absolute atomic E-state index is 11.3. The number of carbonyl (C=O) groups is 1. The van der Waals surface area contributed by atoms with Gasteiger partial charge in [-0.05, 0) is 54.9 Å². The Hall–Kier alpha value is -2.40. The molecule has 0 radical (unpaired) electrons. The molecule has 0 aliphatic carbocycles. The van der Waals surface area contributed by atoms with Crippen LogP contribution in [0.2, 0.25) is 0 Å². The molecule has 1 fully saturated rings. The summed E-state index contributed by atoms with van der Waals surface area (Å²) in [5, 5.41) is 0. The Morgan fingerprint density at radius 1 is 0.962 bits per heavy atom. The predicted octanol–water partition coefficient (Wildman–Crippen LogP) is 3.03. The zero-order chi connectivity index (χ0) is 17.5. The normalized spacial score (nSPS) is 13.8. The van der Waals surface area contributed by atoms with Gasteiger partial charge in [-0.25, -0.2) is 10.8 Å². The minimum Gasteiger partial charge on any atom is -0.357 e. The minimum absolute atomic E-state index is 0. The standard InChI is InChI=1S/C20H26N4O.CH4/c21-23-20(25)14-17-7-4-16(5-8-17)6-9-18-10-11-19(22-15-18)24-12-2-1-3-13-24;/h4-5,7-8,10-11,15H,1-3,6,9,12-14,21H2,(H,23,25);1H4. The van der Waals surface area contributed by atoms with Gasteiger partial charge < -0.3 is 4.90 Å². The number of anilines is 1. The summed E-state index contributed by atoms with van der Waals surface area (Å²) in [6.45, 7) is 2.25. The van der Waals surface area contributed by atoms with Crippen molar-refractivity contribution >= 4 is 11.7 Å². The van der Waals surface area contributed by atoms with Crippen LogP contribution in [0.3, 0.4) is 0 Å². The van der Waals surface area contributed by atoms with E-state index in [9.17, 15) is 4.79 Å². The number of hydrogen-bond donors (Lipinski definition) is 2. The fourth-order valence-corrected chi connectivity index (χ4v) is 3.22. The molecule has 5 heteroatoms. The van der Waals surface area contributed by atoms with Crippen LogP contribution >= 0.6 is 0 Å². The number of rotatable bonds is 6. The third-order valence-corrected chi connectivity index (χ3v) is 4.74. The summed E-state index contributed by atoms with van der Waals surface area (Å²) < 4.78 is 0. The number of nitrogens with two attached hydrogens (primary N) is 1. The number of carbonyl (C=O) groups excluding carboxylic acids is 1. The molecule has 0 bridgehead atoms. The second-order valence-corrected chi connectivity index (χ2v) is 6.63. The van der Waals surface area contributed by atoms with Gasteiger partial charge in [-0.1, -0.05) is 37.8 Å². The van der Waals surface area contributed by atoms with Crippen LogP contribution in [0.15, 0.2) is 42.6 Å². The first-order valence-electron chi connectivity index (χ1n) is 9.02. The first kappa shape index (κ1) is 19.9. The number of aromatic nitrogens is 1. The molecule has 1 aliphatic rings. The van der Waals surface area contributed by atoms with Gasteiger partial charge in [-0.3, -0.25) is 10.2 Å². The van der Waals surface area contributed by atoms with Gasteiger partial charge >= 0.3 is 0 Å². The first-order valence-corrected chi connectivity index (χ1v) is 9.02. The van der Waals surface area contributed by atoms with Crippen molar-refractivity contribution in [1.29, 1.82) is 0 Å². The van der Waals surface area contributed by atoms with Gasteiger partial charge in [0.2, 0.25) is 5.91 Å². The molecule has 3 rings (SSSR count). The van der Waals surface area contributed by atoms with E-state index in [1.54, 1.807) is 0 Å². The van der Waals surface area contributed by atoms with E-state index < -0.39 is 0 Å². The molecule has 1 saturated heterocycles. The number of piperidine rings is 1. The van der Waals surface area contributed by atoms with Gasteiger partial charge in [0.1, 0.15) is 5.82 Å². The van der Waals surface area contributed by atoms with E-state index in [4.69, 9.17) is 5.84 Å². The molecule has 0 atom stereocenters. The molecule has 140 valence electrons. The number of nitrogens with one attached hydrogen (secondary N) is 1. The van der Waals surface area contributed by atoms with Gasteiger partial charge in [0.05, 0.1) is 6.42 Å². The molecule has 2 heterocycles. The molecule has 1 aliphatic heterocycles. The lowest BCUT2D eigenvalue weighted by Gasteiger charge is -2.27. The van der Waals surface area contributed by atoms with Crippen LogP contribution in [0.1, 0.15) is 43.4 Å². The molecule has 1 aromatic carbocycles. The monoisotopic (exact) mass is 354 g/mol. The topological polar surface area (TPSA) is 71.2 Å². The van der Waals surface area contributed by atoms with E-state index in [2.05, 4.69) is 39.6 Å². The highest BCUT2D eigenvalue weighted by Crippen LogP contribution is 2.18. The number of hydrogen-bond acceptors (Lipinski definition) is 4. The van der Waals surface area contributed by atoms with Crippen molar-refractivity contribution in [3.63, 3.8) is 0 Å². The van der Waals surface area contributed by atoms with Crippen LogP contribution in [0, 0.1) is 0 Å². The second-order valence-electron chi connectivity index (χ2n) is 6.63. The smallest absolute Gasteiger partial charge is 0.238 e. The molecule has 3 N–H and O–H groups in total. The summed E-state index contributed by atoms with van der Waals surface area (Å²) in [6, 6.07) is 12.5. The molecular formula is C21H30N4O. The molecule has 1 amide bonds. The predicted molar refractivity (Wildman–Crippen MR) is 107 cm³/mol. The Labute approximate surface area is 156 Å². The van der Waals surface area contributed by atoms with E-state index in [1.807, 2.05) is 18.3 Å². The van der Waals surface area contributed by atoms with E-state index in [0.717, 1.165) is 37.3 Å². The number of pyridine rings is 1. The van der Waals surface area contributed by atoms with Crippen molar-refractivity contribution in [1.82, 2.24) is 10.4 Å². The Kier molecular flexibility index (Phi) is 7.60. The zero-order valence-electron chi connectivity index (χ0n) is 14.6. The Morgan fingerprint density at radius 3 is 2.19 bits per heavy atom. The van der Waals surface area contributed by atoms with Crippen molar-refractivity contribution in [3.05, 3.63) is 59.3 Å². The summed E-state index contributed by atoms with van der Waals surface area (Å²) in [5.41, 5.74) is 5.64. The van der Waals surface area contributed by atoms with Crippen LogP contribution in [-0.2, 0) is 24.1 Å². The number of amides is 1. The molecule has 0 saturated carbocycles. The minimum atomic E-state index is -0.174. The molecule has 0 unspecified atom stereocenters. The summed E-state index contributed by atoms with van der Waals surface area (Å²) in [6.07, 6.45) is 8.13. The lowest BCUT2D eigenvalue weighted by molar-refractivity contribution is -0.120. The van der Waals surface area contributed by atoms with Crippen LogP contribution in [0.5, 0.6) is 0 Å². The van der Waals surface area contributed by atoms with E-state index in [-0.39, 0.29) is 13.3 Å². The Morgan fingerprint density at radius 2 is 1.58 bits per heavy atom. The maximum Gasteiger partial charge on any atom is 0.238 e.